The molecule has 1 aliphatic heterocycles. The molecule has 0 bridgehead atoms. The van der Waals surface area contributed by atoms with Gasteiger partial charge in [0.15, 0.2) is 9.84 Å². The molecule has 2 rings (SSSR count). The summed E-state index contributed by atoms with van der Waals surface area (Å²) >= 11 is 3.19. The highest BCUT2D eigenvalue weighted by Gasteiger charge is 2.31. The van der Waals surface area contributed by atoms with E-state index in [4.69, 9.17) is 5.11 Å². The Morgan fingerprint density at radius 2 is 2.00 bits per heavy atom. The second-order valence-corrected chi connectivity index (χ2v) is 7.51. The van der Waals surface area contributed by atoms with E-state index in [0.29, 0.717) is 4.47 Å². The van der Waals surface area contributed by atoms with E-state index in [2.05, 4.69) is 21.2 Å². The van der Waals surface area contributed by atoms with Crippen molar-refractivity contribution in [2.75, 3.05) is 24.7 Å². The molecule has 0 atom stereocenters. The lowest BCUT2D eigenvalue weighted by atomic mass is 10.3. The summed E-state index contributed by atoms with van der Waals surface area (Å²) in [5, 5.41) is 11.5. The Kier molecular flexibility index (Phi) is 4.69. The van der Waals surface area contributed by atoms with Crippen molar-refractivity contribution in [3.05, 3.63) is 34.4 Å². The highest BCUT2D eigenvalue weighted by molar-refractivity contribution is 9.10. The van der Waals surface area contributed by atoms with Crippen LogP contribution in [0.1, 0.15) is 0 Å². The number of imide groups is 1. The van der Waals surface area contributed by atoms with Gasteiger partial charge in [0.05, 0.1) is 23.7 Å². The minimum atomic E-state index is -3.52. The summed E-state index contributed by atoms with van der Waals surface area (Å²) in [7, 11) is -3.52. The first-order chi connectivity index (χ1) is 10.2. The van der Waals surface area contributed by atoms with E-state index in [1.165, 1.54) is 12.1 Å². The number of halogens is 1. The zero-order valence-corrected chi connectivity index (χ0v) is 13.9. The van der Waals surface area contributed by atoms with Crippen LogP contribution < -0.4 is 5.32 Å². The zero-order chi connectivity index (χ0) is 16.5. The van der Waals surface area contributed by atoms with E-state index in [-0.39, 0.29) is 29.4 Å². The Morgan fingerprint density at radius 1 is 1.32 bits per heavy atom. The number of nitrogens with zero attached hydrogens (tertiary/aromatic N) is 1. The number of anilines is 1. The molecule has 2 N–H and O–H groups in total. The lowest BCUT2D eigenvalue weighted by Gasteiger charge is -2.14. The Bertz CT molecular complexity index is 773. The first-order valence-corrected chi connectivity index (χ1v) is 8.87. The van der Waals surface area contributed by atoms with E-state index >= 15 is 0 Å². The maximum absolute atomic E-state index is 12.0. The fraction of sp³-hybridized carbons (Fsp3) is 0.231. The van der Waals surface area contributed by atoms with Crippen molar-refractivity contribution >= 4 is 43.3 Å². The number of rotatable bonds is 5. The topological polar surface area (TPSA) is 104 Å². The largest absolute Gasteiger partial charge is 0.395 e. The Hall–Kier alpha value is -1.71. The van der Waals surface area contributed by atoms with Crippen LogP contribution in [0.4, 0.5) is 5.69 Å². The minimum absolute atomic E-state index is 0.00336. The molecular formula is C13H13BrN2O5S. The molecule has 9 heteroatoms. The van der Waals surface area contributed by atoms with E-state index in [1.807, 2.05) is 0 Å². The average Bonchev–Trinajstić information content (AvgIpc) is 2.68. The van der Waals surface area contributed by atoms with Gasteiger partial charge in [-0.1, -0.05) is 15.9 Å². The lowest BCUT2D eigenvalue weighted by Crippen LogP contribution is -2.34. The summed E-state index contributed by atoms with van der Waals surface area (Å²) in [6.07, 6.45) is 2.13. The van der Waals surface area contributed by atoms with Gasteiger partial charge in [-0.05, 0) is 18.2 Å². The summed E-state index contributed by atoms with van der Waals surface area (Å²) < 4.78 is 24.2. The smallest absolute Gasteiger partial charge is 0.277 e. The van der Waals surface area contributed by atoms with Gasteiger partial charge in [-0.2, -0.15) is 0 Å². The van der Waals surface area contributed by atoms with Gasteiger partial charge in [0, 0.05) is 16.8 Å². The van der Waals surface area contributed by atoms with Crippen LogP contribution >= 0.6 is 15.9 Å². The van der Waals surface area contributed by atoms with Gasteiger partial charge in [-0.3, -0.25) is 14.5 Å². The maximum Gasteiger partial charge on any atom is 0.277 e. The molecule has 0 spiro atoms. The van der Waals surface area contributed by atoms with Crippen LogP contribution in [0, 0.1) is 0 Å². The second kappa shape index (κ2) is 6.19. The van der Waals surface area contributed by atoms with Crippen molar-refractivity contribution in [1.29, 1.82) is 0 Å². The maximum atomic E-state index is 12.0. The third-order valence-electron chi connectivity index (χ3n) is 2.95. The molecule has 0 aliphatic carbocycles. The quantitative estimate of drug-likeness (QED) is 0.712. The minimum Gasteiger partial charge on any atom is -0.395 e. The van der Waals surface area contributed by atoms with Crippen LogP contribution in [0.15, 0.2) is 39.3 Å². The molecular weight excluding hydrogens is 376 g/mol. The molecule has 118 valence electrons. The van der Waals surface area contributed by atoms with Crippen molar-refractivity contribution in [2.45, 2.75) is 4.90 Å². The Balaban J connectivity index is 2.35. The number of amides is 2. The van der Waals surface area contributed by atoms with Crippen molar-refractivity contribution in [1.82, 2.24) is 4.90 Å². The number of β-amino-alcohol motifs (C(OH)–C–C–N with tert-alkyl or cyclic N) is 1. The van der Waals surface area contributed by atoms with E-state index in [0.717, 1.165) is 17.2 Å². The molecule has 1 aromatic rings. The number of nitrogens with one attached hydrogen (secondary N) is 1. The number of aliphatic hydroxyl groups is 1. The molecule has 22 heavy (non-hydrogen) atoms. The summed E-state index contributed by atoms with van der Waals surface area (Å²) in [4.78, 5) is 24.6. The molecule has 7 nitrogen and oxygen atoms in total. The predicted molar refractivity (Wildman–Crippen MR) is 82.8 cm³/mol. The van der Waals surface area contributed by atoms with Gasteiger partial charge in [0.1, 0.15) is 5.70 Å². The Labute approximate surface area is 135 Å². The fourth-order valence-electron chi connectivity index (χ4n) is 1.96. The third-order valence-corrected chi connectivity index (χ3v) is 4.58. The third kappa shape index (κ3) is 3.37. The van der Waals surface area contributed by atoms with Crippen molar-refractivity contribution in [3.63, 3.8) is 0 Å². The highest BCUT2D eigenvalue weighted by Crippen LogP contribution is 2.27. The predicted octanol–water partition coefficient (Wildman–Crippen LogP) is 0.509. The molecule has 1 aliphatic rings. The number of aliphatic hydroxyl groups excluding tert-OH is 1. The number of benzene rings is 1. The van der Waals surface area contributed by atoms with Gasteiger partial charge >= 0.3 is 0 Å². The molecule has 0 radical (unpaired) electrons. The van der Waals surface area contributed by atoms with Crippen LogP contribution in [0.3, 0.4) is 0 Å². The van der Waals surface area contributed by atoms with Crippen LogP contribution in [0.25, 0.3) is 0 Å². The molecule has 2 amide bonds. The molecule has 1 heterocycles. The monoisotopic (exact) mass is 388 g/mol. The SMILES string of the molecule is CS(=O)(=O)c1cc(Br)ccc1NC1=CC(=O)N(CCO)C1=O. The lowest BCUT2D eigenvalue weighted by molar-refractivity contribution is -0.137. The van der Waals surface area contributed by atoms with Crippen LogP contribution in [-0.2, 0) is 19.4 Å². The second-order valence-electron chi connectivity index (χ2n) is 4.61. The van der Waals surface area contributed by atoms with Crippen molar-refractivity contribution < 1.29 is 23.1 Å². The summed E-state index contributed by atoms with van der Waals surface area (Å²) in [6, 6.07) is 4.52. The zero-order valence-electron chi connectivity index (χ0n) is 11.5. The van der Waals surface area contributed by atoms with E-state index < -0.39 is 21.7 Å². The number of carbonyl (C=O) groups excluding carboxylic acids is 2. The normalized spacial score (nSPS) is 15.2. The van der Waals surface area contributed by atoms with Crippen molar-refractivity contribution in [2.24, 2.45) is 0 Å². The highest BCUT2D eigenvalue weighted by atomic mass is 79.9. The standard InChI is InChI=1S/C13H13BrN2O5S/c1-22(20,21)11-6-8(14)2-3-9(11)15-10-7-12(18)16(4-5-17)13(10)19/h2-3,6-7,15,17H,4-5H2,1H3. The molecule has 1 aromatic carbocycles. The van der Waals surface area contributed by atoms with Gasteiger partial charge in [-0.15, -0.1) is 0 Å². The summed E-state index contributed by atoms with van der Waals surface area (Å²) in [5.41, 5.74) is 0.162. The van der Waals surface area contributed by atoms with Gasteiger partial charge in [0.2, 0.25) is 0 Å². The molecule has 0 aromatic heterocycles. The van der Waals surface area contributed by atoms with Gasteiger partial charge in [-0.25, -0.2) is 8.42 Å². The molecule has 0 saturated heterocycles. The number of hydrogen-bond acceptors (Lipinski definition) is 6. The summed E-state index contributed by atoms with van der Waals surface area (Å²) in [6.45, 7) is -0.454. The number of sulfone groups is 1. The van der Waals surface area contributed by atoms with Gasteiger partial charge < -0.3 is 10.4 Å². The first kappa shape index (κ1) is 16.7. The summed E-state index contributed by atoms with van der Waals surface area (Å²) in [5.74, 6) is -1.17. The van der Waals surface area contributed by atoms with Crippen LogP contribution in [0.5, 0.6) is 0 Å². The van der Waals surface area contributed by atoms with E-state index in [9.17, 15) is 18.0 Å². The first-order valence-electron chi connectivity index (χ1n) is 6.19. The molecule has 0 fully saturated rings. The number of carbonyl (C=O) groups is 2. The van der Waals surface area contributed by atoms with Gasteiger partial charge in [0.25, 0.3) is 11.8 Å². The van der Waals surface area contributed by atoms with Crippen molar-refractivity contribution in [3.8, 4) is 0 Å². The Morgan fingerprint density at radius 3 is 2.59 bits per heavy atom. The number of hydrogen-bond donors (Lipinski definition) is 2. The average molecular weight is 389 g/mol. The molecule has 0 unspecified atom stereocenters. The fourth-order valence-corrected chi connectivity index (χ4v) is 3.33. The van der Waals surface area contributed by atoms with E-state index in [1.54, 1.807) is 6.07 Å². The molecule has 0 saturated carbocycles. The van der Waals surface area contributed by atoms with Crippen LogP contribution in [0.2, 0.25) is 0 Å². The van der Waals surface area contributed by atoms with Crippen LogP contribution in [-0.4, -0.2) is 49.6 Å².